The fraction of sp³-hybridized carbons (Fsp3) is 1.00. The normalized spacial score (nSPS) is 13.2. The third kappa shape index (κ3) is 12.3. The van der Waals surface area contributed by atoms with Crippen molar-refractivity contribution in [3.05, 3.63) is 0 Å². The molecule has 0 aliphatic carbocycles. The molecule has 104 valence electrons. The number of nitrogens with zero attached hydrogens (tertiary/aromatic N) is 1. The van der Waals surface area contributed by atoms with Crippen LogP contribution in [0.1, 0.15) is 71.1 Å². The predicted molar refractivity (Wildman–Crippen MR) is 75.2 cm³/mol. The van der Waals surface area contributed by atoms with E-state index < -0.39 is 11.3 Å². The van der Waals surface area contributed by atoms with Crippen molar-refractivity contribution in [1.82, 2.24) is 4.31 Å². The molecule has 0 radical (unpaired) electrons. The average Bonchev–Trinajstić information content (AvgIpc) is 2.31. The summed E-state index contributed by atoms with van der Waals surface area (Å²) in [4.78, 5) is 0. The second kappa shape index (κ2) is 12.5. The van der Waals surface area contributed by atoms with Crippen molar-refractivity contribution < 1.29 is 8.76 Å². The fourth-order valence-electron chi connectivity index (χ4n) is 1.90. The largest absolute Gasteiger partial charge is 0.294 e. The Morgan fingerprint density at radius 3 is 1.71 bits per heavy atom. The molecule has 1 unspecified atom stereocenters. The molecule has 0 spiro atoms. The van der Waals surface area contributed by atoms with Gasteiger partial charge in [0.1, 0.15) is 0 Å². The zero-order valence-electron chi connectivity index (χ0n) is 11.5. The van der Waals surface area contributed by atoms with E-state index in [0.29, 0.717) is 0 Å². The van der Waals surface area contributed by atoms with Crippen LogP contribution in [0.3, 0.4) is 0 Å². The molecule has 0 aromatic carbocycles. The molecule has 0 fully saturated rings. The Morgan fingerprint density at radius 1 is 0.882 bits per heavy atom. The van der Waals surface area contributed by atoms with Gasteiger partial charge < -0.3 is 0 Å². The Bertz CT molecular complexity index is 188. The molecule has 3 nitrogen and oxygen atoms in total. The molecule has 0 aliphatic heterocycles. The topological polar surface area (TPSA) is 40.5 Å². The monoisotopic (exact) mass is 263 g/mol. The molecule has 0 aromatic heterocycles. The van der Waals surface area contributed by atoms with Crippen molar-refractivity contribution in [2.75, 3.05) is 13.6 Å². The molecule has 1 atom stereocenters. The fourth-order valence-corrected chi connectivity index (χ4v) is 2.19. The van der Waals surface area contributed by atoms with Crippen LogP contribution >= 0.6 is 0 Å². The number of unbranched alkanes of at least 4 members (excludes halogenated alkanes) is 9. The first-order valence-corrected chi connectivity index (χ1v) is 8.07. The van der Waals surface area contributed by atoms with E-state index in [1.807, 2.05) is 0 Å². The maximum absolute atomic E-state index is 10.6. The summed E-state index contributed by atoms with van der Waals surface area (Å²) in [6, 6.07) is 0. The first-order valence-electron chi connectivity index (χ1n) is 7.00. The second-order valence-electron chi connectivity index (χ2n) is 4.76. The van der Waals surface area contributed by atoms with Gasteiger partial charge in [0.05, 0.1) is 0 Å². The molecular formula is C13H29NO2S. The van der Waals surface area contributed by atoms with Gasteiger partial charge in [-0.15, -0.1) is 0 Å². The van der Waals surface area contributed by atoms with Crippen molar-refractivity contribution in [2.24, 2.45) is 0 Å². The van der Waals surface area contributed by atoms with Crippen molar-refractivity contribution in [2.45, 2.75) is 71.1 Å². The van der Waals surface area contributed by atoms with E-state index in [1.165, 1.54) is 62.1 Å². The molecule has 0 amide bonds. The van der Waals surface area contributed by atoms with Gasteiger partial charge >= 0.3 is 0 Å². The lowest BCUT2D eigenvalue weighted by Gasteiger charge is -2.10. The van der Waals surface area contributed by atoms with E-state index in [4.69, 9.17) is 4.55 Å². The van der Waals surface area contributed by atoms with Crippen molar-refractivity contribution in [3.8, 4) is 0 Å². The van der Waals surface area contributed by atoms with Gasteiger partial charge in [-0.2, -0.15) is 0 Å². The maximum Gasteiger partial charge on any atom is 0.234 e. The molecule has 0 heterocycles. The highest BCUT2D eigenvalue weighted by molar-refractivity contribution is 7.76. The van der Waals surface area contributed by atoms with Crippen LogP contribution in [0.4, 0.5) is 0 Å². The molecular weight excluding hydrogens is 234 g/mol. The lowest BCUT2D eigenvalue weighted by molar-refractivity contribution is 0.431. The summed E-state index contributed by atoms with van der Waals surface area (Å²) in [6.07, 6.45) is 13.0. The maximum atomic E-state index is 10.6. The van der Waals surface area contributed by atoms with E-state index in [9.17, 15) is 4.21 Å². The van der Waals surface area contributed by atoms with Crippen molar-refractivity contribution in [3.63, 3.8) is 0 Å². The van der Waals surface area contributed by atoms with Gasteiger partial charge in [0.2, 0.25) is 11.3 Å². The quantitative estimate of drug-likeness (QED) is 0.427. The van der Waals surface area contributed by atoms with Crippen LogP contribution in [0.15, 0.2) is 0 Å². The minimum absolute atomic E-state index is 0.722. The van der Waals surface area contributed by atoms with E-state index >= 15 is 0 Å². The Morgan fingerprint density at radius 2 is 1.29 bits per heavy atom. The standard InChI is InChI=1S/C13H29NO2S/c1-3-4-5-6-7-8-9-10-11-12-13-14(2)17(15)16/h3-13H2,1-2H3,(H,15,16). The van der Waals surface area contributed by atoms with Crippen molar-refractivity contribution in [1.29, 1.82) is 0 Å². The highest BCUT2D eigenvalue weighted by Crippen LogP contribution is 2.10. The summed E-state index contributed by atoms with van der Waals surface area (Å²) >= 11 is -1.79. The third-order valence-electron chi connectivity index (χ3n) is 3.09. The summed E-state index contributed by atoms with van der Waals surface area (Å²) < 4.78 is 20.9. The van der Waals surface area contributed by atoms with Crippen LogP contribution in [0.5, 0.6) is 0 Å². The van der Waals surface area contributed by atoms with Gasteiger partial charge in [-0.05, 0) is 6.42 Å². The van der Waals surface area contributed by atoms with Crippen LogP contribution in [0.2, 0.25) is 0 Å². The molecule has 0 aromatic rings. The lowest BCUT2D eigenvalue weighted by Crippen LogP contribution is -2.21. The summed E-state index contributed by atoms with van der Waals surface area (Å²) in [5.41, 5.74) is 0. The summed E-state index contributed by atoms with van der Waals surface area (Å²) in [5.74, 6) is 0. The molecule has 0 saturated heterocycles. The number of hydrogen-bond donors (Lipinski definition) is 1. The van der Waals surface area contributed by atoms with Gasteiger partial charge in [0.15, 0.2) is 0 Å². The van der Waals surface area contributed by atoms with Crippen LogP contribution in [-0.2, 0) is 11.3 Å². The Hall–Kier alpha value is 0.0700. The summed E-state index contributed by atoms with van der Waals surface area (Å²) in [6.45, 7) is 2.97. The van der Waals surface area contributed by atoms with Crippen LogP contribution in [0.25, 0.3) is 0 Å². The van der Waals surface area contributed by atoms with Crippen LogP contribution in [-0.4, -0.2) is 26.7 Å². The van der Waals surface area contributed by atoms with E-state index in [2.05, 4.69) is 6.92 Å². The SMILES string of the molecule is CCCCCCCCCCCCN(C)S(=O)O. The highest BCUT2D eigenvalue weighted by atomic mass is 32.2. The summed E-state index contributed by atoms with van der Waals surface area (Å²) in [5, 5.41) is 0. The number of hydrogen-bond acceptors (Lipinski definition) is 1. The van der Waals surface area contributed by atoms with E-state index in [0.717, 1.165) is 13.0 Å². The predicted octanol–water partition coefficient (Wildman–Crippen LogP) is 3.98. The van der Waals surface area contributed by atoms with Gasteiger partial charge in [0, 0.05) is 13.6 Å². The van der Waals surface area contributed by atoms with Crippen LogP contribution in [0, 0.1) is 0 Å². The Balaban J connectivity index is 3.06. The highest BCUT2D eigenvalue weighted by Gasteiger charge is 2.02. The van der Waals surface area contributed by atoms with Crippen molar-refractivity contribution >= 4 is 11.3 Å². The lowest BCUT2D eigenvalue weighted by atomic mass is 10.1. The molecule has 0 aliphatic rings. The molecule has 1 N–H and O–H groups in total. The van der Waals surface area contributed by atoms with Gasteiger partial charge in [-0.25, -0.2) is 8.51 Å². The van der Waals surface area contributed by atoms with Gasteiger partial charge in [0.25, 0.3) is 0 Å². The minimum atomic E-state index is -1.79. The molecule has 0 saturated carbocycles. The second-order valence-corrected chi connectivity index (χ2v) is 5.85. The van der Waals surface area contributed by atoms with E-state index in [-0.39, 0.29) is 0 Å². The van der Waals surface area contributed by atoms with Gasteiger partial charge in [-0.3, -0.25) is 4.55 Å². The first-order chi connectivity index (χ1) is 8.18. The Labute approximate surface area is 109 Å². The molecule has 17 heavy (non-hydrogen) atoms. The zero-order chi connectivity index (χ0) is 12.9. The third-order valence-corrected chi connectivity index (χ3v) is 3.81. The van der Waals surface area contributed by atoms with Gasteiger partial charge in [-0.1, -0.05) is 64.7 Å². The zero-order valence-corrected chi connectivity index (χ0v) is 12.3. The molecule has 4 heteroatoms. The van der Waals surface area contributed by atoms with E-state index in [1.54, 1.807) is 7.05 Å². The molecule has 0 bridgehead atoms. The Kier molecular flexibility index (Phi) is 12.6. The first kappa shape index (κ1) is 17.1. The average molecular weight is 263 g/mol. The minimum Gasteiger partial charge on any atom is -0.294 e. The molecule has 0 rings (SSSR count). The summed E-state index contributed by atoms with van der Waals surface area (Å²) in [7, 11) is 1.68. The number of rotatable bonds is 12. The smallest absolute Gasteiger partial charge is 0.234 e. The van der Waals surface area contributed by atoms with Crippen LogP contribution < -0.4 is 0 Å².